The van der Waals surface area contributed by atoms with Crippen molar-refractivity contribution in [1.82, 2.24) is 0 Å². The van der Waals surface area contributed by atoms with Gasteiger partial charge in [-0.2, -0.15) is 0 Å². The van der Waals surface area contributed by atoms with Crippen molar-refractivity contribution in [2.24, 2.45) is 0 Å². The zero-order chi connectivity index (χ0) is 22.9. The lowest BCUT2D eigenvalue weighted by Crippen LogP contribution is -2.58. The van der Waals surface area contributed by atoms with Crippen molar-refractivity contribution in [3.8, 4) is 11.5 Å². The Morgan fingerprint density at radius 2 is 1.94 bits per heavy atom. The summed E-state index contributed by atoms with van der Waals surface area (Å²) in [7, 11) is 0. The van der Waals surface area contributed by atoms with Gasteiger partial charge < -0.3 is 20.1 Å². The van der Waals surface area contributed by atoms with Crippen LogP contribution >= 0.6 is 11.6 Å². The van der Waals surface area contributed by atoms with Gasteiger partial charge in [0.05, 0.1) is 22.6 Å². The topological polar surface area (TPSA) is 104 Å². The van der Waals surface area contributed by atoms with Crippen LogP contribution in [-0.4, -0.2) is 49.6 Å². The number of ether oxygens (including phenoxy) is 1. The number of fused-ring (bicyclic) bond motifs is 1. The number of carbonyl (C=O) groups excluding carboxylic acids is 2. The first-order valence-corrected chi connectivity index (χ1v) is 10.6. The van der Waals surface area contributed by atoms with Gasteiger partial charge in [-0.05, 0) is 38.8 Å². The minimum absolute atomic E-state index is 0.0393. The monoisotopic (exact) mass is 444 g/mol. The summed E-state index contributed by atoms with van der Waals surface area (Å²) >= 11 is 6.46. The van der Waals surface area contributed by atoms with Gasteiger partial charge in [0.15, 0.2) is 11.4 Å². The van der Waals surface area contributed by atoms with E-state index < -0.39 is 40.0 Å². The van der Waals surface area contributed by atoms with E-state index in [9.17, 15) is 24.9 Å². The Labute approximate surface area is 185 Å². The maximum Gasteiger partial charge on any atom is 0.200 e. The molecule has 0 aromatic heterocycles. The number of aromatic hydroxyl groups is 2. The zero-order valence-electron chi connectivity index (χ0n) is 17.7. The Morgan fingerprint density at radius 1 is 1.26 bits per heavy atom. The number of benzene rings is 1. The number of halogens is 1. The second kappa shape index (κ2) is 7.05. The molecule has 1 heterocycles. The predicted octanol–water partition coefficient (Wildman–Crippen LogP) is 3.76. The van der Waals surface area contributed by atoms with Crippen LogP contribution in [-0.2, 0) is 11.2 Å². The van der Waals surface area contributed by atoms with Crippen molar-refractivity contribution in [3.05, 3.63) is 58.2 Å². The number of alkyl halides is 1. The molecule has 4 aliphatic carbocycles. The third-order valence-electron chi connectivity index (χ3n) is 6.44. The minimum Gasteiger partial charge on any atom is -0.507 e. The fourth-order valence-electron chi connectivity index (χ4n) is 4.54. The highest BCUT2D eigenvalue weighted by Gasteiger charge is 2.57. The molecule has 4 bridgehead atoms. The van der Waals surface area contributed by atoms with Gasteiger partial charge in [0.25, 0.3) is 0 Å². The number of phenols is 2. The molecule has 6 rings (SSSR count). The van der Waals surface area contributed by atoms with Crippen molar-refractivity contribution in [3.63, 3.8) is 0 Å². The lowest BCUT2D eigenvalue weighted by atomic mass is 9.69. The number of hydrogen-bond donors (Lipinski definition) is 3. The van der Waals surface area contributed by atoms with Gasteiger partial charge in [0.2, 0.25) is 5.78 Å². The highest BCUT2D eigenvalue weighted by molar-refractivity contribution is 6.30. The molecule has 0 unspecified atom stereocenters. The quantitative estimate of drug-likeness (QED) is 0.416. The third-order valence-corrected chi connectivity index (χ3v) is 7.09. The van der Waals surface area contributed by atoms with Crippen LogP contribution in [0, 0.1) is 0 Å². The second-order valence-corrected chi connectivity index (χ2v) is 9.60. The van der Waals surface area contributed by atoms with Gasteiger partial charge in [0.1, 0.15) is 11.5 Å². The molecule has 3 atom stereocenters. The maximum absolute atomic E-state index is 13.8. The number of ketones is 2. The van der Waals surface area contributed by atoms with E-state index in [4.69, 9.17) is 16.3 Å². The van der Waals surface area contributed by atoms with Crippen LogP contribution in [0.4, 0.5) is 0 Å². The van der Waals surface area contributed by atoms with Crippen molar-refractivity contribution in [2.45, 2.75) is 62.7 Å². The van der Waals surface area contributed by atoms with Gasteiger partial charge in [-0.1, -0.05) is 24.3 Å². The van der Waals surface area contributed by atoms with Crippen LogP contribution in [0.5, 0.6) is 11.5 Å². The first kappa shape index (κ1) is 21.8. The van der Waals surface area contributed by atoms with E-state index in [2.05, 4.69) is 6.58 Å². The van der Waals surface area contributed by atoms with Crippen molar-refractivity contribution >= 4 is 23.2 Å². The molecule has 1 spiro atoms. The Bertz CT molecular complexity index is 1100. The van der Waals surface area contributed by atoms with Crippen LogP contribution in [0.3, 0.4) is 0 Å². The molecule has 0 saturated carbocycles. The minimum atomic E-state index is -1.64. The zero-order valence-corrected chi connectivity index (χ0v) is 18.4. The van der Waals surface area contributed by atoms with Gasteiger partial charge in [-0.15, -0.1) is 11.6 Å². The van der Waals surface area contributed by atoms with Crippen LogP contribution in [0.1, 0.15) is 59.9 Å². The highest BCUT2D eigenvalue weighted by Crippen LogP contribution is 2.50. The average Bonchev–Trinajstić information content (AvgIpc) is 2.69. The van der Waals surface area contributed by atoms with Crippen molar-refractivity contribution in [1.29, 1.82) is 0 Å². The Hall–Kier alpha value is -2.41. The lowest BCUT2D eigenvalue weighted by Gasteiger charge is -2.48. The van der Waals surface area contributed by atoms with E-state index in [1.54, 1.807) is 19.9 Å². The summed E-state index contributed by atoms with van der Waals surface area (Å²) in [6.07, 6.45) is 2.64. The molecular weight excluding hydrogens is 420 g/mol. The number of aliphatic hydroxyl groups is 1. The Morgan fingerprint density at radius 3 is 2.61 bits per heavy atom. The van der Waals surface area contributed by atoms with Gasteiger partial charge in [0, 0.05) is 29.5 Å². The Kier molecular flexibility index (Phi) is 4.96. The maximum atomic E-state index is 13.8. The summed E-state index contributed by atoms with van der Waals surface area (Å²) in [5.74, 6) is -1.92. The predicted molar refractivity (Wildman–Crippen MR) is 116 cm³/mol. The third kappa shape index (κ3) is 3.16. The van der Waals surface area contributed by atoms with E-state index in [1.165, 1.54) is 12.1 Å². The molecule has 1 aliphatic heterocycles. The van der Waals surface area contributed by atoms with Crippen molar-refractivity contribution in [2.75, 3.05) is 0 Å². The van der Waals surface area contributed by atoms with E-state index in [0.29, 0.717) is 5.57 Å². The number of phenolic OH excluding ortho intramolecular Hbond substituents is 2. The summed E-state index contributed by atoms with van der Waals surface area (Å²) in [6, 6.07) is 1.19. The van der Waals surface area contributed by atoms with E-state index in [0.717, 1.165) is 5.57 Å². The SMILES string of the molecule is C=C1Cc2c(O)cc3c(c2O)C(=O)C2=C[C@@H](Cl)C(C)(C)O[C@@]2(CC=C(C)C[C@@H]1O)C3=O. The van der Waals surface area contributed by atoms with Crippen molar-refractivity contribution < 1.29 is 29.6 Å². The molecule has 1 aromatic rings. The summed E-state index contributed by atoms with van der Waals surface area (Å²) in [4.78, 5) is 27.3. The second-order valence-electron chi connectivity index (χ2n) is 9.13. The van der Waals surface area contributed by atoms with E-state index >= 15 is 0 Å². The molecule has 0 fully saturated rings. The van der Waals surface area contributed by atoms with Gasteiger partial charge >= 0.3 is 0 Å². The van der Waals surface area contributed by atoms with E-state index in [-0.39, 0.29) is 47.3 Å². The highest BCUT2D eigenvalue weighted by atomic mass is 35.5. The largest absolute Gasteiger partial charge is 0.507 e. The van der Waals surface area contributed by atoms with Crippen LogP contribution in [0.15, 0.2) is 41.5 Å². The number of hydrogen-bond acceptors (Lipinski definition) is 6. The smallest absolute Gasteiger partial charge is 0.200 e. The molecule has 0 amide bonds. The molecule has 0 radical (unpaired) electrons. The van der Waals surface area contributed by atoms with Crippen LogP contribution in [0.2, 0.25) is 0 Å². The molecule has 5 aliphatic rings. The molecular formula is C24H25ClO6. The summed E-state index contributed by atoms with van der Waals surface area (Å²) in [6.45, 7) is 9.17. The van der Waals surface area contributed by atoms with Gasteiger partial charge in [-0.3, -0.25) is 9.59 Å². The standard InChI is InChI=1S/C24H25ClO6/c1-11-5-6-24-15(10-18(25)23(3,4)31-24)21(29)19-14(22(24)30)9-17(27)13(20(19)28)8-12(2)16(26)7-11/h5,9-10,16,18,26-28H,2,6-8H2,1,3-4H3/t16-,18+,24+/m0/s1. The number of rotatable bonds is 0. The van der Waals surface area contributed by atoms with Gasteiger partial charge in [-0.25, -0.2) is 0 Å². The first-order chi connectivity index (χ1) is 14.4. The first-order valence-electron chi connectivity index (χ1n) is 10.1. The fourth-order valence-corrected chi connectivity index (χ4v) is 4.71. The Balaban J connectivity index is 2.07. The lowest BCUT2D eigenvalue weighted by molar-refractivity contribution is -0.103. The summed E-state index contributed by atoms with van der Waals surface area (Å²) in [5, 5.41) is 31.4. The summed E-state index contributed by atoms with van der Waals surface area (Å²) < 4.78 is 6.26. The number of carbonyl (C=O) groups is 2. The van der Waals surface area contributed by atoms with Crippen LogP contribution in [0.25, 0.3) is 0 Å². The fraction of sp³-hybridized carbons (Fsp3) is 0.417. The molecule has 6 nitrogen and oxygen atoms in total. The average molecular weight is 445 g/mol. The molecule has 1 aromatic carbocycles. The molecule has 3 N–H and O–H groups in total. The number of Topliss-reactive ketones (excluding diaryl/α,β-unsaturated/α-hetero) is 2. The summed E-state index contributed by atoms with van der Waals surface area (Å²) in [5.41, 5.74) is -1.59. The molecule has 164 valence electrons. The van der Waals surface area contributed by atoms with E-state index in [1.807, 2.05) is 6.92 Å². The normalized spacial score (nSPS) is 30.2. The molecule has 31 heavy (non-hydrogen) atoms. The number of aliphatic hydroxyl groups excluding tert-OH is 1. The molecule has 0 saturated heterocycles. The molecule has 7 heteroatoms. The van der Waals surface area contributed by atoms with Crippen LogP contribution < -0.4 is 0 Å².